The second-order valence-corrected chi connectivity index (χ2v) is 11.4. The Morgan fingerprint density at radius 3 is 2.61 bits per heavy atom. The first-order valence-corrected chi connectivity index (χ1v) is 13.2. The molecule has 0 radical (unpaired) electrons. The summed E-state index contributed by atoms with van der Waals surface area (Å²) >= 11 is 6.08. The highest BCUT2D eigenvalue weighted by Crippen LogP contribution is 2.25. The van der Waals surface area contributed by atoms with Gasteiger partial charge < -0.3 is 19.9 Å². The molecule has 2 aliphatic rings. The first-order chi connectivity index (χ1) is 15.8. The van der Waals surface area contributed by atoms with Crippen molar-refractivity contribution < 1.29 is 17.9 Å². The van der Waals surface area contributed by atoms with E-state index in [4.69, 9.17) is 16.3 Å². The number of amides is 1. The minimum atomic E-state index is -3.44. The number of rotatable bonds is 8. The maximum atomic E-state index is 12.7. The van der Waals surface area contributed by atoms with Crippen LogP contribution >= 0.6 is 11.6 Å². The van der Waals surface area contributed by atoms with E-state index < -0.39 is 15.1 Å². The van der Waals surface area contributed by atoms with E-state index in [1.54, 1.807) is 24.3 Å². The van der Waals surface area contributed by atoms with Crippen LogP contribution in [0.4, 0.5) is 0 Å². The minimum Gasteiger partial charge on any atom is -0.492 e. The van der Waals surface area contributed by atoms with Crippen LogP contribution in [-0.2, 0) is 21.1 Å². The number of carbonyl (C=O) groups excluding carboxylic acids is 1. The number of nitrogens with zero attached hydrogens (tertiary/aromatic N) is 2. The number of carbonyl (C=O) groups is 1. The predicted molar refractivity (Wildman–Crippen MR) is 129 cm³/mol. The van der Waals surface area contributed by atoms with Crippen LogP contribution in [0.25, 0.3) is 0 Å². The van der Waals surface area contributed by atoms with Gasteiger partial charge in [-0.05, 0) is 48.4 Å². The smallest absolute Gasteiger partial charge is 0.219 e. The van der Waals surface area contributed by atoms with E-state index in [1.165, 1.54) is 17.4 Å². The first-order valence-electron chi connectivity index (χ1n) is 11.2. The summed E-state index contributed by atoms with van der Waals surface area (Å²) in [6.45, 7) is 6.23. The maximum Gasteiger partial charge on any atom is 0.219 e. The Bertz CT molecular complexity index is 1070. The zero-order valence-electron chi connectivity index (χ0n) is 18.7. The molecule has 2 heterocycles. The van der Waals surface area contributed by atoms with E-state index in [0.29, 0.717) is 12.4 Å². The molecule has 2 aliphatic heterocycles. The normalized spacial score (nSPS) is 19.8. The Labute approximate surface area is 200 Å². The van der Waals surface area contributed by atoms with Crippen LogP contribution in [0.3, 0.4) is 0 Å². The van der Waals surface area contributed by atoms with Gasteiger partial charge in [0.2, 0.25) is 5.91 Å². The summed E-state index contributed by atoms with van der Waals surface area (Å²) in [5.74, 6) is 0.551. The Balaban J connectivity index is 1.24. The molecule has 2 aromatic carbocycles. The molecule has 2 aromatic rings. The molecule has 1 amide bonds. The molecule has 1 N–H and O–H groups in total. The molecular formula is C24H30ClN3O4S. The summed E-state index contributed by atoms with van der Waals surface area (Å²) in [6, 6.07) is 14.8. The lowest BCUT2D eigenvalue weighted by molar-refractivity contribution is -0.131. The summed E-state index contributed by atoms with van der Waals surface area (Å²) < 4.78 is 31.4. The van der Waals surface area contributed by atoms with E-state index in [0.717, 1.165) is 37.6 Å². The van der Waals surface area contributed by atoms with Crippen LogP contribution in [-0.4, -0.2) is 81.3 Å². The quantitative estimate of drug-likeness (QED) is 0.610. The zero-order chi connectivity index (χ0) is 23.4. The number of benzene rings is 2. The molecule has 33 heavy (non-hydrogen) atoms. The van der Waals surface area contributed by atoms with Crippen LogP contribution in [0, 0.1) is 0 Å². The number of sulfone groups is 1. The standard InChI is InChI=1S/C24H30ClN3O4S/c1-18(29)28-15-24(16-28)33(30,31)23-7-5-22(6-8-23)32-17-21-14-27(12-10-26-21)11-9-19-3-2-4-20(25)13-19/h2-8,13,21,24,26H,9-12,14-17H2,1H3/t21-/m0/s1. The van der Waals surface area contributed by atoms with E-state index in [-0.39, 0.29) is 29.9 Å². The van der Waals surface area contributed by atoms with Gasteiger partial charge in [-0.1, -0.05) is 23.7 Å². The maximum absolute atomic E-state index is 12.7. The molecular weight excluding hydrogens is 462 g/mol. The Hall–Kier alpha value is -2.13. The number of hydrogen-bond acceptors (Lipinski definition) is 6. The third-order valence-corrected chi connectivity index (χ3v) is 8.62. The van der Waals surface area contributed by atoms with Crippen molar-refractivity contribution in [1.29, 1.82) is 0 Å². The van der Waals surface area contributed by atoms with Crippen LogP contribution in [0.1, 0.15) is 12.5 Å². The SMILES string of the molecule is CC(=O)N1CC(S(=O)(=O)c2ccc(OC[C@@H]3CN(CCc4cccc(Cl)c4)CCN3)cc2)C1. The van der Waals surface area contributed by atoms with Gasteiger partial charge in [0, 0.05) is 51.2 Å². The van der Waals surface area contributed by atoms with E-state index >= 15 is 0 Å². The summed E-state index contributed by atoms with van der Waals surface area (Å²) in [5.41, 5.74) is 1.24. The molecule has 2 saturated heterocycles. The second kappa shape index (κ2) is 10.4. The molecule has 7 nitrogen and oxygen atoms in total. The third kappa shape index (κ3) is 6.06. The van der Waals surface area contributed by atoms with Gasteiger partial charge in [0.1, 0.15) is 17.6 Å². The van der Waals surface area contributed by atoms with Gasteiger partial charge in [0.15, 0.2) is 9.84 Å². The van der Waals surface area contributed by atoms with Crippen molar-refractivity contribution in [3.05, 3.63) is 59.1 Å². The summed E-state index contributed by atoms with van der Waals surface area (Å²) in [5, 5.41) is 3.73. The monoisotopic (exact) mass is 491 g/mol. The Morgan fingerprint density at radius 1 is 1.15 bits per heavy atom. The van der Waals surface area contributed by atoms with Gasteiger partial charge >= 0.3 is 0 Å². The van der Waals surface area contributed by atoms with Gasteiger partial charge in [-0.3, -0.25) is 4.79 Å². The molecule has 178 valence electrons. The number of nitrogens with one attached hydrogen (secondary N) is 1. The lowest BCUT2D eigenvalue weighted by Crippen LogP contribution is -2.56. The van der Waals surface area contributed by atoms with Gasteiger partial charge in [0.25, 0.3) is 0 Å². The van der Waals surface area contributed by atoms with Crippen LogP contribution in [0.5, 0.6) is 5.75 Å². The lowest BCUT2D eigenvalue weighted by atomic mass is 10.1. The van der Waals surface area contributed by atoms with Gasteiger partial charge in [-0.2, -0.15) is 0 Å². The molecule has 0 saturated carbocycles. The molecule has 0 spiro atoms. The summed E-state index contributed by atoms with van der Waals surface area (Å²) in [7, 11) is -3.44. The van der Waals surface area contributed by atoms with Gasteiger partial charge in [-0.15, -0.1) is 0 Å². The highest BCUT2D eigenvalue weighted by molar-refractivity contribution is 7.92. The topological polar surface area (TPSA) is 79.0 Å². The van der Waals surface area contributed by atoms with Crippen LogP contribution in [0.15, 0.2) is 53.4 Å². The number of piperazine rings is 1. The third-order valence-electron chi connectivity index (χ3n) is 6.28. The minimum absolute atomic E-state index is 0.0930. The van der Waals surface area contributed by atoms with Crippen LogP contribution in [0.2, 0.25) is 5.02 Å². The number of ether oxygens (including phenoxy) is 1. The van der Waals surface area contributed by atoms with Crippen molar-refractivity contribution in [3.8, 4) is 5.75 Å². The van der Waals surface area contributed by atoms with Crippen molar-refractivity contribution >= 4 is 27.3 Å². The fraction of sp³-hybridized carbons (Fsp3) is 0.458. The van der Waals surface area contributed by atoms with Crippen molar-refractivity contribution in [2.75, 3.05) is 45.9 Å². The molecule has 9 heteroatoms. The highest BCUT2D eigenvalue weighted by atomic mass is 35.5. The zero-order valence-corrected chi connectivity index (χ0v) is 20.3. The fourth-order valence-electron chi connectivity index (χ4n) is 4.20. The average molecular weight is 492 g/mol. The molecule has 4 rings (SSSR count). The van der Waals surface area contributed by atoms with Crippen molar-refractivity contribution in [2.24, 2.45) is 0 Å². The molecule has 0 unspecified atom stereocenters. The lowest BCUT2D eigenvalue weighted by Gasteiger charge is -2.37. The summed E-state index contributed by atoms with van der Waals surface area (Å²) in [6.07, 6.45) is 0.954. The van der Waals surface area contributed by atoms with E-state index in [9.17, 15) is 13.2 Å². The van der Waals surface area contributed by atoms with Gasteiger partial charge in [-0.25, -0.2) is 8.42 Å². The van der Waals surface area contributed by atoms with Crippen molar-refractivity contribution in [1.82, 2.24) is 15.1 Å². The first kappa shape index (κ1) is 24.0. The molecule has 1 atom stereocenters. The average Bonchev–Trinajstić information content (AvgIpc) is 2.75. The fourth-order valence-corrected chi connectivity index (χ4v) is 6.06. The van der Waals surface area contributed by atoms with Gasteiger partial charge in [0.05, 0.1) is 10.9 Å². The van der Waals surface area contributed by atoms with Crippen LogP contribution < -0.4 is 10.1 Å². The largest absolute Gasteiger partial charge is 0.492 e. The Morgan fingerprint density at radius 2 is 1.91 bits per heavy atom. The Kier molecular flexibility index (Phi) is 7.58. The highest BCUT2D eigenvalue weighted by Gasteiger charge is 2.39. The number of likely N-dealkylation sites (tertiary alicyclic amines) is 1. The predicted octanol–water partition coefficient (Wildman–Crippen LogP) is 2.24. The van der Waals surface area contributed by atoms with Crippen molar-refractivity contribution in [3.63, 3.8) is 0 Å². The second-order valence-electron chi connectivity index (χ2n) is 8.71. The van der Waals surface area contributed by atoms with E-state index in [1.807, 2.05) is 18.2 Å². The number of hydrogen-bond donors (Lipinski definition) is 1. The summed E-state index contributed by atoms with van der Waals surface area (Å²) in [4.78, 5) is 15.5. The number of halogens is 1. The van der Waals surface area contributed by atoms with E-state index in [2.05, 4.69) is 16.3 Å². The molecule has 0 aromatic heterocycles. The molecule has 2 fully saturated rings. The molecule has 0 aliphatic carbocycles. The molecule has 0 bridgehead atoms. The van der Waals surface area contributed by atoms with Crippen molar-refractivity contribution in [2.45, 2.75) is 29.5 Å².